The van der Waals surface area contributed by atoms with Gasteiger partial charge in [0.15, 0.2) is 6.10 Å². The zero-order valence-electron chi connectivity index (χ0n) is 35.6. The van der Waals surface area contributed by atoms with Crippen molar-refractivity contribution >= 4 is 43.8 Å². The van der Waals surface area contributed by atoms with Crippen LogP contribution in [0.1, 0.15) is 74.2 Å². The van der Waals surface area contributed by atoms with E-state index < -0.39 is 93.0 Å². The molecular formula is C39H53ClF2N4O14P2. The summed E-state index contributed by atoms with van der Waals surface area (Å²) in [5.74, 6) is -5.57. The number of nitrogens with zero attached hydrogens (tertiary/aromatic N) is 2. The molecule has 0 aliphatic carbocycles. The Kier molecular flexibility index (Phi) is 18.8. The monoisotopic (exact) mass is 936 g/mol. The van der Waals surface area contributed by atoms with Crippen LogP contribution >= 0.6 is 25.9 Å². The molecule has 1 aliphatic rings. The van der Waals surface area contributed by atoms with Crippen LogP contribution < -0.4 is 24.9 Å². The fraction of sp³-hybridized carbons (Fsp3) is 0.513. The molecule has 2 aromatic carbocycles. The lowest BCUT2D eigenvalue weighted by atomic mass is 10.1. The second-order valence-electron chi connectivity index (χ2n) is 15.3. The number of carbonyl (C=O) groups excluding carboxylic acids is 3. The summed E-state index contributed by atoms with van der Waals surface area (Å²) < 4.78 is 92.9. The first-order valence-corrected chi connectivity index (χ1v) is 23.3. The van der Waals surface area contributed by atoms with E-state index in [1.165, 1.54) is 32.0 Å². The summed E-state index contributed by atoms with van der Waals surface area (Å²) in [7, 11) is -4.46. The van der Waals surface area contributed by atoms with Gasteiger partial charge in [-0.3, -0.25) is 23.5 Å². The van der Waals surface area contributed by atoms with Gasteiger partial charge < -0.3 is 33.1 Å². The normalized spacial score (nSPS) is 20.1. The summed E-state index contributed by atoms with van der Waals surface area (Å²) >= 11 is 5.76. The molecule has 4 rings (SSSR count). The number of ether oxygens (including phenoxy) is 4. The predicted octanol–water partition coefficient (Wildman–Crippen LogP) is 6.50. The Labute approximate surface area is 362 Å². The second kappa shape index (κ2) is 22.4. The molecule has 0 spiro atoms. The lowest BCUT2D eigenvalue weighted by Gasteiger charge is -2.25. The van der Waals surface area contributed by atoms with E-state index in [9.17, 15) is 33.4 Å². The Hall–Kier alpha value is -4.26. The fourth-order valence-corrected chi connectivity index (χ4v) is 8.32. The van der Waals surface area contributed by atoms with Crippen molar-refractivity contribution in [2.75, 3.05) is 6.61 Å². The van der Waals surface area contributed by atoms with Crippen molar-refractivity contribution < 1.29 is 69.9 Å². The van der Waals surface area contributed by atoms with E-state index >= 15 is 8.78 Å². The highest BCUT2D eigenvalue weighted by atomic mass is 35.7. The van der Waals surface area contributed by atoms with Crippen LogP contribution in [-0.2, 0) is 53.4 Å². The standard InChI is InChI=1S/C27H36F2N3O10P.C12H17ClNO4P/c1-16(2)39-23(35)17(3)31-43(37,42-19-10-8-7-9-11-19)38-15-20-22(34)27(28,29)24(40-20)32-13-12-18(30-25(32)36)14-21(33)41-26(4,5)6;1-9(2)17-12(15)10(3)14-19(13,16)18-11-7-5-4-6-8-11/h7-13,16-17,20,22,24,34H,14-15H2,1-6H3,(H,31,37);4-10H,1-3H3,(H,14,16)/t17-,20+,22+,24+,43?;10-,19?/m00/s1. The molecular weight excluding hydrogens is 884 g/mol. The molecule has 3 N–H and O–H groups in total. The molecule has 7 atom stereocenters. The van der Waals surface area contributed by atoms with Crippen molar-refractivity contribution in [2.24, 2.45) is 0 Å². The minimum atomic E-state index is -4.46. The molecule has 0 radical (unpaired) electrons. The number of hydrogen-bond donors (Lipinski definition) is 3. The molecule has 0 amide bonds. The van der Waals surface area contributed by atoms with Crippen LogP contribution in [0.5, 0.6) is 11.5 Å². The van der Waals surface area contributed by atoms with Gasteiger partial charge in [-0.15, -0.1) is 0 Å². The summed E-state index contributed by atoms with van der Waals surface area (Å²) in [5, 5.41) is 15.2. The molecule has 3 aromatic rings. The highest BCUT2D eigenvalue weighted by Crippen LogP contribution is 2.49. The fourth-order valence-electron chi connectivity index (χ4n) is 5.12. The van der Waals surface area contributed by atoms with E-state index in [-0.39, 0.29) is 24.0 Å². The van der Waals surface area contributed by atoms with E-state index in [1.54, 1.807) is 97.0 Å². The van der Waals surface area contributed by atoms with Crippen LogP contribution in [0.15, 0.2) is 77.7 Å². The number of nitrogens with one attached hydrogen (secondary N) is 2. The van der Waals surface area contributed by atoms with Crippen LogP contribution in [0, 0.1) is 0 Å². The van der Waals surface area contributed by atoms with Gasteiger partial charge in [0.25, 0.3) is 0 Å². The molecule has 0 bridgehead atoms. The topological polar surface area (TPSA) is 229 Å². The highest BCUT2D eigenvalue weighted by Gasteiger charge is 2.60. The number of esters is 3. The van der Waals surface area contributed by atoms with E-state index in [2.05, 4.69) is 15.2 Å². The van der Waals surface area contributed by atoms with Gasteiger partial charge in [-0.1, -0.05) is 36.4 Å². The lowest BCUT2D eigenvalue weighted by Crippen LogP contribution is -2.42. The van der Waals surface area contributed by atoms with Gasteiger partial charge in [-0.25, -0.2) is 19.0 Å². The number of halogens is 3. The maximum atomic E-state index is 15.1. The number of para-hydroxylation sites is 2. The van der Waals surface area contributed by atoms with Crippen LogP contribution in [0.3, 0.4) is 0 Å². The van der Waals surface area contributed by atoms with Crippen LogP contribution in [0.25, 0.3) is 0 Å². The summed E-state index contributed by atoms with van der Waals surface area (Å²) in [6.45, 7) is 9.97. The number of hydrogen-bond acceptors (Lipinski definition) is 15. The Morgan fingerprint density at radius 1 is 0.871 bits per heavy atom. The molecule has 1 saturated heterocycles. The maximum Gasteiger partial charge on any atom is 0.459 e. The summed E-state index contributed by atoms with van der Waals surface area (Å²) in [5.41, 5.74) is -1.97. The molecule has 1 fully saturated rings. The third-order valence-electron chi connectivity index (χ3n) is 7.72. The molecule has 1 aliphatic heterocycles. The van der Waals surface area contributed by atoms with E-state index in [0.29, 0.717) is 10.3 Å². The third-order valence-corrected chi connectivity index (χ3v) is 11.0. The number of benzene rings is 2. The zero-order chi connectivity index (χ0) is 46.6. The first-order valence-electron chi connectivity index (χ1n) is 19.2. The molecule has 2 unspecified atom stereocenters. The minimum absolute atomic E-state index is 0.0209. The molecule has 2 heterocycles. The van der Waals surface area contributed by atoms with Crippen molar-refractivity contribution in [2.45, 2.75) is 123 Å². The van der Waals surface area contributed by atoms with E-state index in [0.717, 1.165) is 6.20 Å². The summed E-state index contributed by atoms with van der Waals surface area (Å²) in [4.78, 5) is 52.2. The van der Waals surface area contributed by atoms with E-state index in [1.807, 2.05) is 0 Å². The average molecular weight is 937 g/mol. The van der Waals surface area contributed by atoms with Gasteiger partial charge in [0.1, 0.15) is 35.3 Å². The van der Waals surface area contributed by atoms with Crippen LogP contribution in [-0.4, -0.2) is 87.2 Å². The number of carbonyl (C=O) groups is 3. The molecule has 344 valence electrons. The van der Waals surface area contributed by atoms with Gasteiger partial charge in [0, 0.05) is 17.4 Å². The molecule has 0 saturated carbocycles. The number of rotatable bonds is 18. The zero-order valence-corrected chi connectivity index (χ0v) is 38.1. The quantitative estimate of drug-likeness (QED) is 0.0703. The Morgan fingerprint density at radius 2 is 1.37 bits per heavy atom. The number of aromatic nitrogens is 2. The van der Waals surface area contributed by atoms with Crippen LogP contribution in [0.4, 0.5) is 8.78 Å². The second-order valence-corrected chi connectivity index (χ2v) is 19.7. The van der Waals surface area contributed by atoms with Gasteiger partial charge in [-0.2, -0.15) is 18.9 Å². The Bertz CT molecular complexity index is 2110. The molecule has 62 heavy (non-hydrogen) atoms. The molecule has 18 nitrogen and oxygen atoms in total. The van der Waals surface area contributed by atoms with Gasteiger partial charge in [0.2, 0.25) is 6.23 Å². The molecule has 23 heteroatoms. The number of alkyl halides is 2. The SMILES string of the molecule is CC(C)OC(=O)[C@H](C)NP(=O)(Cl)Oc1ccccc1.CC(C)OC(=O)[C@H](C)NP(=O)(OC[C@H]1O[C@@H](n2ccc(CC(=O)OC(C)(C)C)nc2=O)C(F)(F)[C@@H]1O)Oc1ccccc1. The van der Waals surface area contributed by atoms with Crippen molar-refractivity contribution in [1.29, 1.82) is 0 Å². The molecule has 1 aromatic heterocycles. The number of aliphatic hydroxyl groups excluding tert-OH is 1. The minimum Gasteiger partial charge on any atom is -0.462 e. The first-order chi connectivity index (χ1) is 28.7. The largest absolute Gasteiger partial charge is 0.462 e. The first kappa shape index (κ1) is 52.1. The van der Waals surface area contributed by atoms with Gasteiger partial charge in [-0.05, 0) is 92.6 Å². The van der Waals surface area contributed by atoms with Gasteiger partial charge in [0.05, 0.1) is 30.9 Å². The lowest BCUT2D eigenvalue weighted by molar-refractivity contribution is -0.154. The van der Waals surface area contributed by atoms with Crippen molar-refractivity contribution in [1.82, 2.24) is 19.7 Å². The van der Waals surface area contributed by atoms with Crippen LogP contribution in [0.2, 0.25) is 0 Å². The maximum absolute atomic E-state index is 15.1. The number of aliphatic hydroxyl groups is 1. The smallest absolute Gasteiger partial charge is 0.459 e. The predicted molar refractivity (Wildman–Crippen MR) is 222 cm³/mol. The Balaban J connectivity index is 0.000000450. The third kappa shape index (κ3) is 16.8. The van der Waals surface area contributed by atoms with Crippen molar-refractivity contribution in [3.8, 4) is 11.5 Å². The Morgan fingerprint density at radius 3 is 1.85 bits per heavy atom. The summed E-state index contributed by atoms with van der Waals surface area (Å²) in [6.07, 6.45) is -6.74. The summed E-state index contributed by atoms with van der Waals surface area (Å²) in [6, 6.07) is 15.3. The highest BCUT2D eigenvalue weighted by molar-refractivity contribution is 7.84. The van der Waals surface area contributed by atoms with Gasteiger partial charge >= 0.3 is 44.1 Å². The van der Waals surface area contributed by atoms with Crippen molar-refractivity contribution in [3.05, 3.63) is 89.1 Å². The van der Waals surface area contributed by atoms with E-state index in [4.69, 9.17) is 43.8 Å². The van der Waals surface area contributed by atoms with Crippen molar-refractivity contribution in [3.63, 3.8) is 0 Å². The average Bonchev–Trinajstić information content (AvgIpc) is 3.36.